The van der Waals surface area contributed by atoms with Crippen molar-refractivity contribution in [3.05, 3.63) is 89.9 Å². The Morgan fingerprint density at radius 3 is 2.61 bits per heavy atom. The normalized spacial score (nSPS) is 11.9. The fourth-order valence-electron chi connectivity index (χ4n) is 2.75. The van der Waals surface area contributed by atoms with Crippen LogP contribution in [0.4, 0.5) is 5.69 Å². The molecule has 0 spiro atoms. The Balaban J connectivity index is 1.79. The summed E-state index contributed by atoms with van der Waals surface area (Å²) in [7, 11) is 1.62. The maximum absolute atomic E-state index is 5.93. The van der Waals surface area contributed by atoms with Gasteiger partial charge in [0.25, 0.3) is 0 Å². The number of anilines is 1. The lowest BCUT2D eigenvalue weighted by Crippen LogP contribution is -2.10. The van der Waals surface area contributed by atoms with E-state index in [0.29, 0.717) is 28.0 Å². The van der Waals surface area contributed by atoms with Crippen LogP contribution in [0.5, 0.6) is 11.5 Å². The first-order valence-electron chi connectivity index (χ1n) is 9.45. The van der Waals surface area contributed by atoms with Crippen LogP contribution in [0.3, 0.4) is 0 Å². The fourth-order valence-corrected chi connectivity index (χ4v) is 2.88. The molecule has 31 heavy (non-hydrogen) atoms. The van der Waals surface area contributed by atoms with Gasteiger partial charge in [0.05, 0.1) is 24.8 Å². The number of methoxy groups -OCH3 is 1. The molecule has 3 aromatic rings. The molecule has 8 heteroatoms. The number of hydrogen-bond donors (Lipinski definition) is 2. The number of aryl methyl sites for hydroxylation is 1. The molecule has 0 aliphatic heterocycles. The average molecular weight is 438 g/mol. The SMILES string of the molecule is C=C(N=C(/C=C(/C)N)Oc1ccc(Cl)cc1)Nc1ccc(-n2cnc(C)c2)c(OC)c1. The second kappa shape index (κ2) is 9.86. The van der Waals surface area contributed by atoms with Gasteiger partial charge >= 0.3 is 0 Å². The third kappa shape index (κ3) is 6.13. The van der Waals surface area contributed by atoms with E-state index in [1.54, 1.807) is 50.7 Å². The van der Waals surface area contributed by atoms with Gasteiger partial charge in [0.2, 0.25) is 5.90 Å². The highest BCUT2D eigenvalue weighted by atomic mass is 35.5. The molecule has 3 N–H and O–H groups in total. The number of allylic oxidation sites excluding steroid dienone is 1. The van der Waals surface area contributed by atoms with Gasteiger partial charge in [-0.15, -0.1) is 0 Å². The predicted molar refractivity (Wildman–Crippen MR) is 125 cm³/mol. The fraction of sp³-hybridized carbons (Fsp3) is 0.130. The average Bonchev–Trinajstić information content (AvgIpc) is 3.15. The molecule has 2 aromatic carbocycles. The van der Waals surface area contributed by atoms with Gasteiger partial charge in [-0.25, -0.2) is 4.98 Å². The van der Waals surface area contributed by atoms with Crippen molar-refractivity contribution in [2.24, 2.45) is 10.7 Å². The minimum Gasteiger partial charge on any atom is -0.494 e. The van der Waals surface area contributed by atoms with Gasteiger partial charge in [-0.1, -0.05) is 18.2 Å². The summed E-state index contributed by atoms with van der Waals surface area (Å²) in [6.07, 6.45) is 5.29. The van der Waals surface area contributed by atoms with E-state index < -0.39 is 0 Å². The zero-order valence-corrected chi connectivity index (χ0v) is 18.3. The van der Waals surface area contributed by atoms with Crippen molar-refractivity contribution in [3.8, 4) is 17.2 Å². The Morgan fingerprint density at radius 2 is 2.00 bits per heavy atom. The van der Waals surface area contributed by atoms with Crippen LogP contribution in [0.2, 0.25) is 5.02 Å². The molecule has 160 valence electrons. The number of benzene rings is 2. The topological polar surface area (TPSA) is 86.7 Å². The summed E-state index contributed by atoms with van der Waals surface area (Å²) in [5.41, 5.74) is 8.91. The number of rotatable bonds is 7. The Morgan fingerprint density at radius 1 is 1.26 bits per heavy atom. The zero-order chi connectivity index (χ0) is 22.4. The van der Waals surface area contributed by atoms with Crippen LogP contribution in [-0.2, 0) is 0 Å². The highest BCUT2D eigenvalue weighted by Crippen LogP contribution is 2.27. The summed E-state index contributed by atoms with van der Waals surface area (Å²) >= 11 is 5.93. The van der Waals surface area contributed by atoms with Gasteiger partial charge < -0.3 is 25.1 Å². The van der Waals surface area contributed by atoms with E-state index in [0.717, 1.165) is 17.1 Å². The van der Waals surface area contributed by atoms with E-state index in [-0.39, 0.29) is 5.90 Å². The summed E-state index contributed by atoms with van der Waals surface area (Å²) < 4.78 is 13.3. The maximum atomic E-state index is 5.93. The molecule has 0 bridgehead atoms. The lowest BCUT2D eigenvalue weighted by atomic mass is 10.2. The molecule has 0 unspecified atom stereocenters. The molecule has 0 radical (unpaired) electrons. The van der Waals surface area contributed by atoms with E-state index in [1.807, 2.05) is 35.9 Å². The molecule has 3 rings (SSSR count). The maximum Gasteiger partial charge on any atom is 0.222 e. The number of aliphatic imine (C=N–C) groups is 1. The second-order valence-electron chi connectivity index (χ2n) is 6.78. The van der Waals surface area contributed by atoms with E-state index in [1.165, 1.54) is 0 Å². The monoisotopic (exact) mass is 437 g/mol. The Bertz CT molecular complexity index is 1130. The lowest BCUT2D eigenvalue weighted by molar-refractivity contribution is 0.413. The highest BCUT2D eigenvalue weighted by Gasteiger charge is 2.08. The van der Waals surface area contributed by atoms with Gasteiger partial charge in [0.15, 0.2) is 0 Å². The van der Waals surface area contributed by atoms with E-state index in [2.05, 4.69) is 21.9 Å². The number of aromatic nitrogens is 2. The highest BCUT2D eigenvalue weighted by molar-refractivity contribution is 6.30. The minimum absolute atomic E-state index is 0.289. The standard InChI is InChI=1S/C23H24ClN5O2/c1-15(25)11-23(31-20-8-5-18(24)6-9-20)28-17(3)27-19-7-10-21(22(12-19)30-4)29-13-16(2)26-14-29/h5-14,27H,3,25H2,1-2,4H3/b15-11-,28-23?. The van der Waals surface area contributed by atoms with Crippen LogP contribution in [0.1, 0.15) is 12.6 Å². The minimum atomic E-state index is 0.289. The number of nitrogens with one attached hydrogen (secondary N) is 1. The third-order valence-corrected chi connectivity index (χ3v) is 4.34. The van der Waals surface area contributed by atoms with E-state index in [9.17, 15) is 0 Å². The van der Waals surface area contributed by atoms with E-state index in [4.69, 9.17) is 26.8 Å². The molecular formula is C23H24ClN5O2. The van der Waals surface area contributed by atoms with Crippen LogP contribution in [0, 0.1) is 6.92 Å². The van der Waals surface area contributed by atoms with Crippen molar-refractivity contribution in [3.63, 3.8) is 0 Å². The summed E-state index contributed by atoms with van der Waals surface area (Å²) in [6.45, 7) is 7.65. The molecule has 0 aliphatic rings. The molecule has 7 nitrogen and oxygen atoms in total. The van der Waals surface area contributed by atoms with Gasteiger partial charge in [0.1, 0.15) is 17.3 Å². The third-order valence-electron chi connectivity index (χ3n) is 4.09. The van der Waals surface area contributed by atoms with Crippen LogP contribution >= 0.6 is 11.6 Å². The van der Waals surface area contributed by atoms with Crippen molar-refractivity contribution in [1.29, 1.82) is 0 Å². The van der Waals surface area contributed by atoms with Gasteiger partial charge in [-0.2, -0.15) is 4.99 Å². The van der Waals surface area contributed by atoms with E-state index >= 15 is 0 Å². The lowest BCUT2D eigenvalue weighted by Gasteiger charge is -2.13. The molecule has 0 saturated carbocycles. The molecule has 0 atom stereocenters. The zero-order valence-electron chi connectivity index (χ0n) is 17.6. The van der Waals surface area contributed by atoms with Crippen molar-refractivity contribution in [2.45, 2.75) is 13.8 Å². The number of imidazole rings is 1. The number of ether oxygens (including phenoxy) is 2. The first-order chi connectivity index (χ1) is 14.8. The molecule has 1 aromatic heterocycles. The van der Waals surface area contributed by atoms with Gasteiger partial charge in [-0.3, -0.25) is 0 Å². The van der Waals surface area contributed by atoms with Gasteiger partial charge in [-0.05, 0) is 50.2 Å². The van der Waals surface area contributed by atoms with Gasteiger partial charge in [0, 0.05) is 34.7 Å². The van der Waals surface area contributed by atoms with Crippen molar-refractivity contribution in [2.75, 3.05) is 12.4 Å². The van der Waals surface area contributed by atoms with Crippen LogP contribution in [-0.4, -0.2) is 22.6 Å². The molecule has 0 fully saturated rings. The summed E-state index contributed by atoms with van der Waals surface area (Å²) in [5, 5.41) is 3.76. The molecule has 0 saturated heterocycles. The quantitative estimate of drug-likeness (QED) is 0.398. The second-order valence-corrected chi connectivity index (χ2v) is 7.21. The Labute approximate surface area is 186 Å². The van der Waals surface area contributed by atoms with Crippen molar-refractivity contribution < 1.29 is 9.47 Å². The summed E-state index contributed by atoms with van der Waals surface area (Å²) in [5.74, 6) is 1.91. The smallest absolute Gasteiger partial charge is 0.222 e. The molecular weight excluding hydrogens is 414 g/mol. The largest absolute Gasteiger partial charge is 0.494 e. The summed E-state index contributed by atoms with van der Waals surface area (Å²) in [4.78, 5) is 8.67. The first kappa shape index (κ1) is 22.0. The number of halogens is 1. The van der Waals surface area contributed by atoms with Crippen LogP contribution in [0.15, 0.2) is 84.2 Å². The van der Waals surface area contributed by atoms with Crippen LogP contribution in [0.25, 0.3) is 5.69 Å². The molecule has 0 amide bonds. The number of nitrogens with two attached hydrogens (primary N) is 1. The number of nitrogens with zero attached hydrogens (tertiary/aromatic N) is 3. The number of hydrogen-bond acceptors (Lipinski definition) is 6. The first-order valence-corrected chi connectivity index (χ1v) is 9.82. The Kier molecular flexibility index (Phi) is 6.99. The Hall–Kier alpha value is -3.71. The predicted octanol–water partition coefficient (Wildman–Crippen LogP) is 5.07. The summed E-state index contributed by atoms with van der Waals surface area (Å²) in [6, 6.07) is 12.6. The van der Waals surface area contributed by atoms with Crippen molar-refractivity contribution >= 4 is 23.2 Å². The van der Waals surface area contributed by atoms with Crippen molar-refractivity contribution in [1.82, 2.24) is 9.55 Å². The van der Waals surface area contributed by atoms with Crippen LogP contribution < -0.4 is 20.5 Å². The molecule has 0 aliphatic carbocycles. The molecule has 1 heterocycles.